The first-order valence-electron chi connectivity index (χ1n) is 9.19. The van der Waals surface area contributed by atoms with Gasteiger partial charge in [-0.2, -0.15) is 0 Å². The fourth-order valence-corrected chi connectivity index (χ4v) is 3.34. The van der Waals surface area contributed by atoms with E-state index in [4.69, 9.17) is 18.9 Å². The molecule has 1 aromatic carbocycles. The minimum atomic E-state index is 0.265. The zero-order valence-electron chi connectivity index (χ0n) is 15.5. The van der Waals surface area contributed by atoms with Crippen molar-refractivity contribution in [1.82, 2.24) is 10.2 Å². The van der Waals surface area contributed by atoms with Crippen LogP contribution in [0.25, 0.3) is 0 Å². The van der Waals surface area contributed by atoms with Gasteiger partial charge in [-0.05, 0) is 37.5 Å². The topological polar surface area (TPSA) is 52.2 Å². The van der Waals surface area contributed by atoms with E-state index >= 15 is 0 Å². The van der Waals surface area contributed by atoms with Gasteiger partial charge in [0.05, 0.1) is 33.5 Å². The highest BCUT2D eigenvalue weighted by Gasteiger charge is 2.32. The second-order valence-electron chi connectivity index (χ2n) is 6.61. The summed E-state index contributed by atoms with van der Waals surface area (Å²) in [6.07, 6.45) is 2.97. The van der Waals surface area contributed by atoms with E-state index in [0.717, 1.165) is 44.4 Å². The Hall–Kier alpha value is -1.50. The van der Waals surface area contributed by atoms with Gasteiger partial charge in [0, 0.05) is 32.2 Å². The van der Waals surface area contributed by atoms with Gasteiger partial charge in [0.2, 0.25) is 5.75 Å². The number of hydrogen-bond acceptors (Lipinski definition) is 6. The van der Waals surface area contributed by atoms with Crippen LogP contribution in [0.15, 0.2) is 12.1 Å². The number of morpholine rings is 1. The van der Waals surface area contributed by atoms with Crippen molar-refractivity contribution in [3.63, 3.8) is 0 Å². The Labute approximate surface area is 150 Å². The van der Waals surface area contributed by atoms with Gasteiger partial charge >= 0.3 is 0 Å². The summed E-state index contributed by atoms with van der Waals surface area (Å²) in [5, 5.41) is 3.50. The monoisotopic (exact) mass is 350 g/mol. The van der Waals surface area contributed by atoms with Gasteiger partial charge in [0.1, 0.15) is 0 Å². The van der Waals surface area contributed by atoms with Crippen molar-refractivity contribution < 1.29 is 18.9 Å². The van der Waals surface area contributed by atoms with Crippen molar-refractivity contribution >= 4 is 0 Å². The lowest BCUT2D eigenvalue weighted by Crippen LogP contribution is -2.47. The molecule has 140 valence electrons. The first-order valence-corrected chi connectivity index (χ1v) is 9.19. The van der Waals surface area contributed by atoms with Gasteiger partial charge in [-0.15, -0.1) is 0 Å². The Morgan fingerprint density at radius 2 is 1.92 bits per heavy atom. The Morgan fingerprint density at radius 1 is 1.20 bits per heavy atom. The molecule has 1 heterocycles. The van der Waals surface area contributed by atoms with Crippen LogP contribution in [0.1, 0.15) is 25.3 Å². The van der Waals surface area contributed by atoms with Crippen LogP contribution in [0.4, 0.5) is 0 Å². The largest absolute Gasteiger partial charge is 0.493 e. The molecule has 0 spiro atoms. The lowest BCUT2D eigenvalue weighted by Gasteiger charge is -2.33. The molecule has 1 unspecified atom stereocenters. The first kappa shape index (κ1) is 18.3. The molecule has 1 atom stereocenters. The van der Waals surface area contributed by atoms with Gasteiger partial charge in [-0.25, -0.2) is 0 Å². The van der Waals surface area contributed by atoms with Crippen molar-refractivity contribution in [2.45, 2.75) is 38.5 Å². The van der Waals surface area contributed by atoms with Crippen LogP contribution in [0.2, 0.25) is 0 Å². The molecule has 0 amide bonds. The van der Waals surface area contributed by atoms with Crippen molar-refractivity contribution in [3.8, 4) is 17.2 Å². The maximum atomic E-state index is 5.89. The third-order valence-electron chi connectivity index (χ3n) is 4.74. The third-order valence-corrected chi connectivity index (χ3v) is 4.74. The number of rotatable bonds is 9. The number of ether oxygens (including phenoxy) is 4. The van der Waals surface area contributed by atoms with Crippen LogP contribution < -0.4 is 19.5 Å². The minimum absolute atomic E-state index is 0.265. The first-order chi connectivity index (χ1) is 12.2. The Bertz CT molecular complexity index is 537. The molecule has 1 saturated heterocycles. The lowest BCUT2D eigenvalue weighted by atomic mass is 10.1. The number of methoxy groups -OCH3 is 2. The van der Waals surface area contributed by atoms with E-state index in [2.05, 4.69) is 10.2 Å². The average Bonchev–Trinajstić information content (AvgIpc) is 3.48. The van der Waals surface area contributed by atoms with E-state index in [9.17, 15) is 0 Å². The fourth-order valence-electron chi connectivity index (χ4n) is 3.34. The van der Waals surface area contributed by atoms with E-state index in [1.807, 2.05) is 19.1 Å². The van der Waals surface area contributed by atoms with Crippen LogP contribution in [-0.4, -0.2) is 64.1 Å². The number of benzene rings is 1. The smallest absolute Gasteiger partial charge is 0.203 e. The third kappa shape index (κ3) is 4.77. The average molecular weight is 350 g/mol. The highest BCUT2D eigenvalue weighted by Crippen LogP contribution is 2.38. The zero-order valence-corrected chi connectivity index (χ0v) is 15.5. The van der Waals surface area contributed by atoms with Crippen molar-refractivity contribution in [3.05, 3.63) is 17.7 Å². The maximum Gasteiger partial charge on any atom is 0.203 e. The predicted molar refractivity (Wildman–Crippen MR) is 96.8 cm³/mol. The molecule has 1 aliphatic carbocycles. The molecule has 6 heteroatoms. The molecule has 0 aromatic heterocycles. The molecular weight excluding hydrogens is 320 g/mol. The van der Waals surface area contributed by atoms with Gasteiger partial charge in [-0.3, -0.25) is 4.90 Å². The van der Waals surface area contributed by atoms with Crippen molar-refractivity contribution in [1.29, 1.82) is 0 Å². The minimum Gasteiger partial charge on any atom is -0.493 e. The van der Waals surface area contributed by atoms with E-state index in [1.54, 1.807) is 14.2 Å². The molecule has 3 rings (SSSR count). The molecule has 1 N–H and O–H groups in total. The number of nitrogens with zero attached hydrogens (tertiary/aromatic N) is 1. The standard InChI is InChI=1S/C19H30N2O4/c1-4-24-19-17(22-2)9-14(10-18(19)23-3)11-20-12-16-13-21(7-8-25-16)15-5-6-15/h9-10,15-16,20H,4-8,11-13H2,1-3H3. The molecule has 0 radical (unpaired) electrons. The van der Waals surface area contributed by atoms with Crippen LogP contribution in [0, 0.1) is 0 Å². The Kier molecular flexibility index (Phi) is 6.39. The molecule has 25 heavy (non-hydrogen) atoms. The molecule has 6 nitrogen and oxygen atoms in total. The summed E-state index contributed by atoms with van der Waals surface area (Å²) in [7, 11) is 3.30. The van der Waals surface area contributed by atoms with Crippen LogP contribution in [-0.2, 0) is 11.3 Å². The highest BCUT2D eigenvalue weighted by molar-refractivity contribution is 5.53. The van der Waals surface area contributed by atoms with E-state index in [-0.39, 0.29) is 6.10 Å². The van der Waals surface area contributed by atoms with Gasteiger partial charge in [0.25, 0.3) is 0 Å². The summed E-state index contributed by atoms with van der Waals surface area (Å²) in [6, 6.07) is 4.81. The second-order valence-corrected chi connectivity index (χ2v) is 6.61. The predicted octanol–water partition coefficient (Wildman–Crippen LogP) is 2.06. The summed E-state index contributed by atoms with van der Waals surface area (Å²) in [6.45, 7) is 7.06. The van der Waals surface area contributed by atoms with Crippen LogP contribution in [0.5, 0.6) is 17.2 Å². The van der Waals surface area contributed by atoms with Crippen molar-refractivity contribution in [2.75, 3.05) is 47.1 Å². The van der Waals surface area contributed by atoms with Crippen LogP contribution >= 0.6 is 0 Å². The van der Waals surface area contributed by atoms with Gasteiger partial charge in [-0.1, -0.05) is 0 Å². The van der Waals surface area contributed by atoms with Gasteiger partial charge < -0.3 is 24.3 Å². The fraction of sp³-hybridized carbons (Fsp3) is 0.684. The SMILES string of the molecule is CCOc1c(OC)cc(CNCC2CN(C3CC3)CCO2)cc1OC. The summed E-state index contributed by atoms with van der Waals surface area (Å²) >= 11 is 0. The van der Waals surface area contributed by atoms with E-state index in [1.165, 1.54) is 12.8 Å². The second kappa shape index (κ2) is 8.74. The quantitative estimate of drug-likeness (QED) is 0.736. The molecule has 1 aliphatic heterocycles. The molecule has 2 fully saturated rings. The lowest BCUT2D eigenvalue weighted by molar-refractivity contribution is -0.0301. The Morgan fingerprint density at radius 3 is 2.52 bits per heavy atom. The zero-order chi connectivity index (χ0) is 17.6. The molecular formula is C19H30N2O4. The summed E-state index contributed by atoms with van der Waals surface area (Å²) in [5.74, 6) is 2.06. The number of nitrogens with one attached hydrogen (secondary N) is 1. The summed E-state index contributed by atoms with van der Waals surface area (Å²) < 4.78 is 22.5. The molecule has 2 aliphatic rings. The highest BCUT2D eigenvalue weighted by atomic mass is 16.5. The van der Waals surface area contributed by atoms with Gasteiger partial charge in [0.15, 0.2) is 11.5 Å². The van der Waals surface area contributed by atoms with E-state index < -0.39 is 0 Å². The molecule has 0 bridgehead atoms. The normalized spacial score (nSPS) is 21.2. The Balaban J connectivity index is 1.55. The number of hydrogen-bond donors (Lipinski definition) is 1. The summed E-state index contributed by atoms with van der Waals surface area (Å²) in [4.78, 5) is 2.57. The molecule has 1 saturated carbocycles. The molecule has 1 aromatic rings. The van der Waals surface area contributed by atoms with Crippen molar-refractivity contribution in [2.24, 2.45) is 0 Å². The van der Waals surface area contributed by atoms with Crippen LogP contribution in [0.3, 0.4) is 0 Å². The maximum absolute atomic E-state index is 5.89. The van der Waals surface area contributed by atoms with E-state index in [0.29, 0.717) is 23.9 Å². The summed E-state index contributed by atoms with van der Waals surface area (Å²) in [5.41, 5.74) is 1.10.